The van der Waals surface area contributed by atoms with E-state index in [1.54, 1.807) is 14.2 Å². The van der Waals surface area contributed by atoms with Gasteiger partial charge in [-0.2, -0.15) is 5.26 Å². The second-order valence-electron chi connectivity index (χ2n) is 6.36. The average molecular weight is 400 g/mol. The molecule has 148 valence electrons. The van der Waals surface area contributed by atoms with Gasteiger partial charge in [-0.15, -0.1) is 0 Å². The summed E-state index contributed by atoms with van der Waals surface area (Å²) >= 11 is 1.47. The van der Waals surface area contributed by atoms with E-state index in [0.29, 0.717) is 33.7 Å². The molecule has 0 atom stereocenters. The van der Waals surface area contributed by atoms with E-state index in [-0.39, 0.29) is 0 Å². The maximum atomic E-state index is 9.95. The van der Waals surface area contributed by atoms with Crippen LogP contribution in [0.5, 0.6) is 11.5 Å². The highest BCUT2D eigenvalue weighted by Gasteiger charge is 2.24. The number of thioether (sulfide) groups is 1. The lowest BCUT2D eigenvalue weighted by molar-refractivity contribution is 0.270. The van der Waals surface area contributed by atoms with E-state index in [1.165, 1.54) is 11.8 Å². The van der Waals surface area contributed by atoms with Gasteiger partial charge >= 0.3 is 0 Å². The van der Waals surface area contributed by atoms with Crippen molar-refractivity contribution in [3.05, 3.63) is 23.8 Å². The van der Waals surface area contributed by atoms with Crippen LogP contribution in [0.4, 0.5) is 5.82 Å². The second kappa shape index (κ2) is 9.13. The molecule has 2 aromatic rings. The topological polar surface area (TPSA) is 74.5 Å². The highest BCUT2D eigenvalue weighted by atomic mass is 32.2. The van der Waals surface area contributed by atoms with Crippen LogP contribution in [0.1, 0.15) is 12.5 Å². The fourth-order valence-electron chi connectivity index (χ4n) is 3.32. The molecule has 1 fully saturated rings. The van der Waals surface area contributed by atoms with Gasteiger partial charge in [0.25, 0.3) is 0 Å². The number of rotatable bonds is 6. The van der Waals surface area contributed by atoms with Crippen LogP contribution in [0.3, 0.4) is 0 Å². The zero-order valence-corrected chi connectivity index (χ0v) is 17.5. The maximum absolute atomic E-state index is 9.95. The summed E-state index contributed by atoms with van der Waals surface area (Å²) in [7, 11) is 3.20. The summed E-state index contributed by atoms with van der Waals surface area (Å²) in [5.41, 5.74) is 1.92. The van der Waals surface area contributed by atoms with Crippen LogP contribution < -0.4 is 14.4 Å². The van der Waals surface area contributed by atoms with E-state index in [4.69, 9.17) is 9.47 Å². The minimum Gasteiger partial charge on any atom is -0.493 e. The summed E-state index contributed by atoms with van der Waals surface area (Å²) in [6, 6.07) is 7.92. The first kappa shape index (κ1) is 20.2. The van der Waals surface area contributed by atoms with Crippen LogP contribution in [0.15, 0.2) is 23.4 Å². The Morgan fingerprint density at radius 3 is 2.39 bits per heavy atom. The molecule has 8 heteroatoms. The molecular weight excluding hydrogens is 374 g/mol. The summed E-state index contributed by atoms with van der Waals surface area (Å²) in [6.45, 7) is 6.83. The number of nitrogens with zero attached hydrogens (tertiary/aromatic N) is 5. The Kier molecular flexibility index (Phi) is 6.60. The molecule has 0 unspecified atom stereocenters. The van der Waals surface area contributed by atoms with Crippen molar-refractivity contribution in [1.29, 1.82) is 5.26 Å². The van der Waals surface area contributed by atoms with Crippen LogP contribution in [-0.2, 0) is 0 Å². The van der Waals surface area contributed by atoms with Crippen LogP contribution in [0, 0.1) is 11.3 Å². The van der Waals surface area contributed by atoms with E-state index in [1.807, 2.05) is 24.5 Å². The number of ether oxygens (including phenoxy) is 2. The van der Waals surface area contributed by atoms with Gasteiger partial charge in [0.1, 0.15) is 11.6 Å². The third kappa shape index (κ3) is 4.01. The van der Waals surface area contributed by atoms with Crippen LogP contribution >= 0.6 is 11.8 Å². The molecule has 0 N–H and O–H groups in total. The summed E-state index contributed by atoms with van der Waals surface area (Å²) in [5, 5.41) is 10.6. The molecular formula is C20H25N5O2S. The lowest BCUT2D eigenvalue weighted by Gasteiger charge is -2.35. The van der Waals surface area contributed by atoms with Crippen LogP contribution in [-0.4, -0.2) is 68.1 Å². The Labute approximate surface area is 170 Å². The highest BCUT2D eigenvalue weighted by Crippen LogP contribution is 2.35. The summed E-state index contributed by atoms with van der Waals surface area (Å²) < 4.78 is 10.8. The Bertz CT molecular complexity index is 876. The summed E-state index contributed by atoms with van der Waals surface area (Å²) in [4.78, 5) is 13.9. The zero-order valence-electron chi connectivity index (χ0n) is 16.7. The van der Waals surface area contributed by atoms with Gasteiger partial charge in [-0.25, -0.2) is 9.97 Å². The van der Waals surface area contributed by atoms with Crippen LogP contribution in [0.25, 0.3) is 11.3 Å². The molecule has 1 saturated heterocycles. The van der Waals surface area contributed by atoms with Gasteiger partial charge in [0.05, 0.1) is 19.9 Å². The first-order chi connectivity index (χ1) is 13.6. The van der Waals surface area contributed by atoms with E-state index in [2.05, 4.69) is 32.8 Å². The zero-order chi connectivity index (χ0) is 20.1. The van der Waals surface area contributed by atoms with Gasteiger partial charge in [0.15, 0.2) is 22.5 Å². The van der Waals surface area contributed by atoms with Gasteiger partial charge in [-0.05, 0) is 31.0 Å². The molecule has 7 nitrogen and oxygen atoms in total. The van der Waals surface area contributed by atoms with Crippen molar-refractivity contribution in [3.8, 4) is 28.8 Å². The molecule has 1 aliphatic rings. The Morgan fingerprint density at radius 1 is 1.11 bits per heavy atom. The molecule has 0 bridgehead atoms. The number of aromatic nitrogens is 2. The fourth-order valence-corrected chi connectivity index (χ4v) is 3.68. The van der Waals surface area contributed by atoms with Gasteiger partial charge in [-0.1, -0.05) is 18.7 Å². The quantitative estimate of drug-likeness (QED) is 0.542. The Balaban J connectivity index is 2.08. The SMILES string of the molecule is CCN1CCN(c2nc(SC)nc(-c3ccc(OC)c(OC)c3)c2C#N)CC1. The number of methoxy groups -OCH3 is 2. The summed E-state index contributed by atoms with van der Waals surface area (Å²) in [6.07, 6.45) is 1.94. The smallest absolute Gasteiger partial charge is 0.189 e. The monoisotopic (exact) mass is 399 g/mol. The summed E-state index contributed by atoms with van der Waals surface area (Å²) in [5.74, 6) is 1.95. The largest absolute Gasteiger partial charge is 0.493 e. The van der Waals surface area contributed by atoms with Crippen molar-refractivity contribution >= 4 is 17.6 Å². The molecule has 2 heterocycles. The van der Waals surface area contributed by atoms with Crippen molar-refractivity contribution < 1.29 is 9.47 Å². The third-order valence-corrected chi connectivity index (χ3v) is 5.49. The number of hydrogen-bond acceptors (Lipinski definition) is 8. The molecule has 0 aliphatic carbocycles. The van der Waals surface area contributed by atoms with Crippen molar-refractivity contribution in [2.75, 3.05) is 58.1 Å². The second-order valence-corrected chi connectivity index (χ2v) is 7.13. The molecule has 0 amide bonds. The average Bonchev–Trinajstić information content (AvgIpc) is 2.77. The van der Waals surface area contributed by atoms with Crippen LogP contribution in [0.2, 0.25) is 0 Å². The molecule has 28 heavy (non-hydrogen) atoms. The predicted molar refractivity (Wildman–Crippen MR) is 111 cm³/mol. The fraction of sp³-hybridized carbons (Fsp3) is 0.450. The van der Waals surface area contributed by atoms with Crippen molar-refractivity contribution in [1.82, 2.24) is 14.9 Å². The van der Waals surface area contributed by atoms with Gasteiger partial charge in [0, 0.05) is 31.7 Å². The number of nitriles is 1. The number of anilines is 1. The lowest BCUT2D eigenvalue weighted by atomic mass is 10.1. The number of hydrogen-bond donors (Lipinski definition) is 0. The van der Waals surface area contributed by atoms with Crippen molar-refractivity contribution in [2.45, 2.75) is 12.1 Å². The molecule has 0 saturated carbocycles. The molecule has 1 aliphatic heterocycles. The van der Waals surface area contributed by atoms with Gasteiger partial charge < -0.3 is 19.3 Å². The molecule has 1 aromatic carbocycles. The number of likely N-dealkylation sites (N-methyl/N-ethyl adjacent to an activating group) is 1. The third-order valence-electron chi connectivity index (χ3n) is 4.94. The minimum atomic E-state index is 0.495. The maximum Gasteiger partial charge on any atom is 0.189 e. The Hall–Kier alpha value is -2.50. The molecule has 0 radical (unpaired) electrons. The van der Waals surface area contributed by atoms with Crippen molar-refractivity contribution in [2.24, 2.45) is 0 Å². The predicted octanol–water partition coefficient (Wildman–Crippen LogP) is 2.90. The number of piperazine rings is 1. The van der Waals surface area contributed by atoms with Gasteiger partial charge in [0.2, 0.25) is 0 Å². The molecule has 1 aromatic heterocycles. The van der Waals surface area contributed by atoms with E-state index >= 15 is 0 Å². The standard InChI is InChI=1S/C20H25N5O2S/c1-5-24-8-10-25(11-9-24)19-15(13-21)18(22-20(23-19)28-4)14-6-7-16(26-2)17(12-14)27-3/h6-7,12H,5,8-11H2,1-4H3. The van der Waals surface area contributed by atoms with Gasteiger partial charge in [-0.3, -0.25) is 0 Å². The number of benzene rings is 1. The van der Waals surface area contributed by atoms with E-state index in [0.717, 1.165) is 38.3 Å². The molecule has 3 rings (SSSR count). The first-order valence-electron chi connectivity index (χ1n) is 9.21. The minimum absolute atomic E-state index is 0.495. The molecule has 0 spiro atoms. The van der Waals surface area contributed by atoms with E-state index < -0.39 is 0 Å². The Morgan fingerprint density at radius 2 is 1.82 bits per heavy atom. The highest BCUT2D eigenvalue weighted by molar-refractivity contribution is 7.98. The normalized spacial score (nSPS) is 14.6. The van der Waals surface area contributed by atoms with E-state index in [9.17, 15) is 5.26 Å². The van der Waals surface area contributed by atoms with Crippen molar-refractivity contribution in [3.63, 3.8) is 0 Å². The first-order valence-corrected chi connectivity index (χ1v) is 10.4. The lowest BCUT2D eigenvalue weighted by Crippen LogP contribution is -2.46.